The molecule has 13 aromatic carbocycles. The van der Waals surface area contributed by atoms with E-state index >= 15 is 0 Å². The molecule has 2 aliphatic rings. The average Bonchev–Trinajstić information content (AvgIpc) is 2.08. The van der Waals surface area contributed by atoms with Crippen LogP contribution in [0.1, 0.15) is 22.6 Å². The van der Waals surface area contributed by atoms with Gasteiger partial charge in [-0.05, 0) is 134 Å². The van der Waals surface area contributed by atoms with Gasteiger partial charge in [-0.15, -0.1) is 0 Å². The lowest BCUT2D eigenvalue weighted by Crippen LogP contribution is -2.24. The van der Waals surface area contributed by atoms with Crippen LogP contribution in [0.15, 0.2) is 291 Å². The maximum atomic E-state index is 4.29. The van der Waals surface area contributed by atoms with Gasteiger partial charge in [0.2, 0.25) is 0 Å². The van der Waals surface area contributed by atoms with Crippen molar-refractivity contribution >= 4 is 76.8 Å². The number of fused-ring (bicyclic) bond motifs is 13. The van der Waals surface area contributed by atoms with Crippen LogP contribution in [0, 0.1) is 0 Å². The summed E-state index contributed by atoms with van der Waals surface area (Å²) in [5, 5.41) is 11.6. The Morgan fingerprint density at radius 3 is 1.19 bits per heavy atom. The lowest BCUT2D eigenvalue weighted by Gasteiger charge is -2.38. The second kappa shape index (κ2) is 17.8. The number of hydrogen-bond acceptors (Lipinski definition) is 1. The van der Waals surface area contributed by atoms with Gasteiger partial charge in [0, 0.05) is 55.0 Å². The summed E-state index contributed by atoms with van der Waals surface area (Å²) in [6.07, 6.45) is 0. The number of para-hydroxylation sites is 3. The van der Waals surface area contributed by atoms with Gasteiger partial charge in [-0.2, -0.15) is 0 Å². The molecule has 0 amide bonds. The van der Waals surface area contributed by atoms with E-state index < -0.39 is 0 Å². The molecule has 5 heterocycles. The molecule has 0 aliphatic carbocycles. The molecule has 0 saturated heterocycles. The van der Waals surface area contributed by atoms with Crippen LogP contribution in [-0.4, -0.2) is 13.7 Å². The van der Waals surface area contributed by atoms with Gasteiger partial charge in [-0.1, -0.05) is 218 Å². The van der Waals surface area contributed by atoms with Crippen molar-refractivity contribution in [3.05, 3.63) is 308 Å². The number of benzene rings is 13. The minimum Gasteiger partial charge on any atom is -0.353 e. The van der Waals surface area contributed by atoms with Crippen molar-refractivity contribution in [3.63, 3.8) is 0 Å². The van der Waals surface area contributed by atoms with Crippen LogP contribution in [0.25, 0.3) is 138 Å². The van der Waals surface area contributed by atoms with Crippen LogP contribution in [0.4, 0.5) is 11.4 Å². The number of rotatable bonds is 8. The first-order valence-electron chi connectivity index (χ1n) is 28.8. The van der Waals surface area contributed by atoms with E-state index in [1.807, 2.05) is 0 Å². The summed E-state index contributed by atoms with van der Waals surface area (Å²) in [6, 6.07) is 108. The van der Waals surface area contributed by atoms with Gasteiger partial charge in [0.15, 0.2) is 0 Å². The van der Waals surface area contributed by atoms with E-state index in [1.165, 1.54) is 110 Å². The molecule has 16 aromatic rings. The summed E-state index contributed by atoms with van der Waals surface area (Å²) < 4.78 is 7.88. The molecule has 18 rings (SSSR count). The van der Waals surface area contributed by atoms with E-state index in [-0.39, 0.29) is 5.92 Å². The Labute approximate surface area is 479 Å². The Bertz CT molecular complexity index is 5270. The van der Waals surface area contributed by atoms with E-state index in [0.29, 0.717) is 0 Å². The van der Waals surface area contributed by atoms with Gasteiger partial charge in [0.1, 0.15) is 0 Å². The summed E-state index contributed by atoms with van der Waals surface area (Å²) in [4.78, 5) is 0. The van der Waals surface area contributed by atoms with Gasteiger partial charge in [-0.3, -0.25) is 0 Å². The molecule has 4 heteroatoms. The molecule has 1 unspecified atom stereocenters. The predicted molar refractivity (Wildman–Crippen MR) is 347 cm³/mol. The highest BCUT2D eigenvalue weighted by Gasteiger charge is 2.42. The second-order valence-electron chi connectivity index (χ2n) is 22.4. The number of nitrogens with one attached hydrogen (secondary N) is 1. The fraction of sp³-hybridized carbons (Fsp3) is 0.0127. The van der Waals surface area contributed by atoms with Gasteiger partial charge < -0.3 is 19.0 Å². The first-order valence-corrected chi connectivity index (χ1v) is 28.8. The van der Waals surface area contributed by atoms with Crippen LogP contribution >= 0.6 is 0 Å². The lowest BCUT2D eigenvalue weighted by molar-refractivity contribution is 0.878. The number of hydrogen-bond donors (Lipinski definition) is 1. The van der Waals surface area contributed by atoms with Crippen LogP contribution in [-0.2, 0) is 0 Å². The standard InChI is InChI=1S/C79H50N4/c1-6-22-49(23-7-1)54-38-40-71-61(42-54)63-44-56(51-26-10-3-11-27-51)46-65-74-66-47-57(52-28-12-4-13-29-52)45-64-62-43-55(50-24-8-2-9-25-50)39-41-72(62)83(77(64)66)79-75(74)73(82(71)76(63)65)48-68(80-67-35-19-16-32-58(67)53-30-14-5-15-31-53)78(79)81-69-36-20-17-33-59(69)60-34-18-21-37-70(60)81/h1-48,74,80H. The monoisotopic (exact) mass is 1050 g/mol. The first-order chi connectivity index (χ1) is 41.2. The van der Waals surface area contributed by atoms with E-state index in [2.05, 4.69) is 310 Å². The molecule has 0 spiro atoms. The molecule has 83 heavy (non-hydrogen) atoms. The molecule has 3 aromatic heterocycles. The minimum atomic E-state index is -0.189. The molecule has 0 radical (unpaired) electrons. The van der Waals surface area contributed by atoms with E-state index in [1.54, 1.807) is 0 Å². The SMILES string of the molecule is c1ccc(-c2ccc3c(c2)c2cc(-c4ccccc4)cc4c2n3-c2cc(Nc3ccccc3-c3ccccc3)c(-n3c5ccccc5c5ccccc53)c3c2C4c2cc(-c4ccccc4)cc4c5cc(-c6ccccc6)ccc5n-3c24)cc1. The number of nitrogens with zero attached hydrogens (tertiary/aromatic N) is 3. The first kappa shape index (κ1) is 45.9. The van der Waals surface area contributed by atoms with Crippen molar-refractivity contribution in [1.29, 1.82) is 0 Å². The highest BCUT2D eigenvalue weighted by atomic mass is 15.1. The fourth-order valence-corrected chi connectivity index (χ4v) is 14.4. The zero-order chi connectivity index (χ0) is 54.3. The normalized spacial score (nSPS) is 13.2. The Balaban J connectivity index is 1.07. The van der Waals surface area contributed by atoms with Gasteiger partial charge in [0.25, 0.3) is 0 Å². The highest BCUT2D eigenvalue weighted by molar-refractivity contribution is 6.19. The summed E-state index contributed by atoms with van der Waals surface area (Å²) in [5.74, 6) is -0.189. The molecule has 1 N–H and O–H groups in total. The largest absolute Gasteiger partial charge is 0.353 e. The minimum absolute atomic E-state index is 0.189. The predicted octanol–water partition coefficient (Wildman–Crippen LogP) is 20.9. The maximum Gasteiger partial charge on any atom is 0.0946 e. The molecule has 0 bridgehead atoms. The summed E-state index contributed by atoms with van der Waals surface area (Å²) in [6.45, 7) is 0. The van der Waals surface area contributed by atoms with Crippen molar-refractivity contribution in [2.45, 2.75) is 5.92 Å². The highest BCUT2D eigenvalue weighted by Crippen LogP contribution is 2.59. The smallest absolute Gasteiger partial charge is 0.0946 e. The van der Waals surface area contributed by atoms with Gasteiger partial charge >= 0.3 is 0 Å². The summed E-state index contributed by atoms with van der Waals surface area (Å²) in [5.41, 5.74) is 28.3. The zero-order valence-electron chi connectivity index (χ0n) is 45.1. The number of aromatic nitrogens is 3. The third-order valence-corrected chi connectivity index (χ3v) is 18.0. The fourth-order valence-electron chi connectivity index (χ4n) is 14.4. The molecule has 0 fully saturated rings. The maximum absolute atomic E-state index is 4.29. The quantitative estimate of drug-likeness (QED) is 0.161. The van der Waals surface area contributed by atoms with E-state index in [4.69, 9.17) is 0 Å². The molecule has 386 valence electrons. The van der Waals surface area contributed by atoms with Crippen molar-refractivity contribution in [2.24, 2.45) is 0 Å². The average molecular weight is 1060 g/mol. The van der Waals surface area contributed by atoms with Gasteiger partial charge in [0.05, 0.1) is 55.8 Å². The molecule has 0 saturated carbocycles. The van der Waals surface area contributed by atoms with E-state index in [0.717, 1.165) is 56.1 Å². The number of anilines is 2. The lowest BCUT2D eigenvalue weighted by atomic mass is 9.76. The topological polar surface area (TPSA) is 26.8 Å². The van der Waals surface area contributed by atoms with E-state index in [9.17, 15) is 0 Å². The Kier molecular flexibility index (Phi) is 9.83. The zero-order valence-corrected chi connectivity index (χ0v) is 45.1. The third-order valence-electron chi connectivity index (χ3n) is 18.0. The Morgan fingerprint density at radius 2 is 0.663 bits per heavy atom. The van der Waals surface area contributed by atoms with Gasteiger partial charge in [-0.25, -0.2) is 0 Å². The molecule has 4 nitrogen and oxygen atoms in total. The summed E-state index contributed by atoms with van der Waals surface area (Å²) >= 11 is 0. The molecular formula is C79H50N4. The summed E-state index contributed by atoms with van der Waals surface area (Å²) in [7, 11) is 0. The van der Waals surface area contributed by atoms with Crippen molar-refractivity contribution in [1.82, 2.24) is 13.7 Å². The van der Waals surface area contributed by atoms with Crippen LogP contribution in [0.2, 0.25) is 0 Å². The Morgan fingerprint density at radius 1 is 0.253 bits per heavy atom. The van der Waals surface area contributed by atoms with Crippen molar-refractivity contribution in [2.75, 3.05) is 5.32 Å². The second-order valence-corrected chi connectivity index (χ2v) is 22.4. The molecule has 2 aliphatic heterocycles. The van der Waals surface area contributed by atoms with Crippen LogP contribution in [0.5, 0.6) is 0 Å². The third kappa shape index (κ3) is 6.75. The van der Waals surface area contributed by atoms with Crippen molar-refractivity contribution < 1.29 is 0 Å². The van der Waals surface area contributed by atoms with Crippen LogP contribution in [0.3, 0.4) is 0 Å². The molecule has 1 atom stereocenters. The Hall–Kier alpha value is -10.9. The van der Waals surface area contributed by atoms with Crippen LogP contribution < -0.4 is 5.32 Å². The van der Waals surface area contributed by atoms with Crippen molar-refractivity contribution in [3.8, 4) is 72.7 Å². The molecular weight excluding hydrogens is 1000 g/mol.